The van der Waals surface area contributed by atoms with Gasteiger partial charge in [-0.15, -0.1) is 0 Å². The van der Waals surface area contributed by atoms with Gasteiger partial charge in [-0.3, -0.25) is 9.78 Å². The number of benzene rings is 1. The Balaban J connectivity index is 1.65. The summed E-state index contributed by atoms with van der Waals surface area (Å²) in [7, 11) is 3.41. The molecule has 0 saturated heterocycles. The van der Waals surface area contributed by atoms with Crippen LogP contribution < -0.4 is 15.0 Å². The second-order valence-corrected chi connectivity index (χ2v) is 7.96. The van der Waals surface area contributed by atoms with Crippen LogP contribution in [-0.4, -0.2) is 41.1 Å². The van der Waals surface area contributed by atoms with Crippen molar-refractivity contribution in [3.05, 3.63) is 96.6 Å². The molecule has 0 aliphatic heterocycles. The first kappa shape index (κ1) is 22.9. The lowest BCUT2D eigenvalue weighted by Crippen LogP contribution is -2.44. The number of nitrogens with zero attached hydrogens (tertiary/aromatic N) is 4. The number of anilines is 2. The Morgan fingerprint density at radius 2 is 1.76 bits per heavy atom. The number of amides is 1. The van der Waals surface area contributed by atoms with E-state index in [1.807, 2.05) is 85.6 Å². The molecule has 34 heavy (non-hydrogen) atoms. The highest BCUT2D eigenvalue weighted by Crippen LogP contribution is 2.29. The summed E-state index contributed by atoms with van der Waals surface area (Å²) in [6.45, 7) is 1.94. The smallest absolute Gasteiger partial charge is 0.247 e. The van der Waals surface area contributed by atoms with Gasteiger partial charge in [0.1, 0.15) is 17.5 Å². The van der Waals surface area contributed by atoms with Gasteiger partial charge < -0.3 is 15.0 Å². The van der Waals surface area contributed by atoms with E-state index in [-0.39, 0.29) is 5.91 Å². The first-order valence-electron chi connectivity index (χ1n) is 11.0. The molecular formula is C27H27N5O2. The molecule has 7 heteroatoms. The summed E-state index contributed by atoms with van der Waals surface area (Å²) < 4.78 is 5.44. The summed E-state index contributed by atoms with van der Waals surface area (Å²) in [5, 5.41) is 3.05. The van der Waals surface area contributed by atoms with Gasteiger partial charge in [0.2, 0.25) is 11.8 Å². The maximum atomic E-state index is 13.6. The number of aromatic nitrogens is 3. The first-order chi connectivity index (χ1) is 16.5. The summed E-state index contributed by atoms with van der Waals surface area (Å²) in [4.78, 5) is 28.6. The minimum atomic E-state index is -0.506. The van der Waals surface area contributed by atoms with Crippen molar-refractivity contribution in [2.75, 3.05) is 24.4 Å². The van der Waals surface area contributed by atoms with Gasteiger partial charge in [0.25, 0.3) is 0 Å². The fraction of sp³-hybridized carbons (Fsp3) is 0.185. The summed E-state index contributed by atoms with van der Waals surface area (Å²) in [5.41, 5.74) is 4.28. The summed E-state index contributed by atoms with van der Waals surface area (Å²) in [5.74, 6) is 0.881. The lowest BCUT2D eigenvalue weighted by atomic mass is 10.0. The molecule has 0 aliphatic rings. The molecule has 0 saturated carbocycles. The van der Waals surface area contributed by atoms with Crippen LogP contribution in [0, 0.1) is 6.92 Å². The highest BCUT2D eigenvalue weighted by Gasteiger charge is 2.26. The van der Waals surface area contributed by atoms with Crippen LogP contribution in [0.25, 0.3) is 11.1 Å². The van der Waals surface area contributed by atoms with Crippen LogP contribution in [-0.2, 0) is 11.2 Å². The zero-order valence-corrected chi connectivity index (χ0v) is 19.5. The van der Waals surface area contributed by atoms with E-state index in [1.165, 1.54) is 7.11 Å². The number of carbonyl (C=O) groups is 1. The number of methoxy groups -OCH3 is 1. The van der Waals surface area contributed by atoms with Gasteiger partial charge in [-0.05, 0) is 48.4 Å². The van der Waals surface area contributed by atoms with Gasteiger partial charge in [0, 0.05) is 43.3 Å². The SMILES string of the molecule is COc1ncc(-c2ccnc(C)c2)cc1NC(=O)[C@H](Cc1ccccc1)N(C)c1ccccn1. The first-order valence-corrected chi connectivity index (χ1v) is 11.0. The minimum absolute atomic E-state index is 0.180. The molecular weight excluding hydrogens is 426 g/mol. The number of ether oxygens (including phenoxy) is 1. The van der Waals surface area contributed by atoms with Crippen molar-refractivity contribution in [1.82, 2.24) is 15.0 Å². The molecule has 172 valence electrons. The van der Waals surface area contributed by atoms with Crippen LogP contribution in [0.2, 0.25) is 0 Å². The van der Waals surface area contributed by atoms with E-state index in [1.54, 1.807) is 18.6 Å². The minimum Gasteiger partial charge on any atom is -0.480 e. The Labute approximate surface area is 199 Å². The standard InChI is InChI=1S/C27H27N5O2/c1-19-15-21(12-14-28-19)22-17-23(27(34-3)30-18-22)31-26(33)24(16-20-9-5-4-6-10-20)32(2)25-11-7-8-13-29-25/h4-15,17-18,24H,16H2,1-3H3,(H,31,33)/t24-/m0/s1. The highest BCUT2D eigenvalue weighted by atomic mass is 16.5. The van der Waals surface area contributed by atoms with E-state index in [4.69, 9.17) is 4.74 Å². The van der Waals surface area contributed by atoms with Crippen molar-refractivity contribution in [3.8, 4) is 17.0 Å². The number of rotatable bonds is 8. The Hall–Kier alpha value is -4.26. The lowest BCUT2D eigenvalue weighted by molar-refractivity contribution is -0.117. The molecule has 7 nitrogen and oxygen atoms in total. The molecule has 0 aliphatic carbocycles. The van der Waals surface area contributed by atoms with Crippen molar-refractivity contribution in [2.45, 2.75) is 19.4 Å². The summed E-state index contributed by atoms with van der Waals surface area (Å²) in [6.07, 6.45) is 5.71. The number of aryl methyl sites for hydroxylation is 1. The van der Waals surface area contributed by atoms with Crippen LogP contribution in [0.5, 0.6) is 5.88 Å². The zero-order valence-electron chi connectivity index (χ0n) is 19.5. The van der Waals surface area contributed by atoms with Gasteiger partial charge >= 0.3 is 0 Å². The Morgan fingerprint density at radius 3 is 2.47 bits per heavy atom. The molecule has 4 rings (SSSR count). The van der Waals surface area contributed by atoms with Crippen LogP contribution in [0.15, 0.2) is 85.3 Å². The zero-order chi connectivity index (χ0) is 23.9. The van der Waals surface area contributed by atoms with Gasteiger partial charge in [-0.25, -0.2) is 9.97 Å². The number of pyridine rings is 3. The Kier molecular flexibility index (Phi) is 7.13. The monoisotopic (exact) mass is 453 g/mol. The Morgan fingerprint density at radius 1 is 0.971 bits per heavy atom. The van der Waals surface area contributed by atoms with E-state index in [0.717, 1.165) is 22.4 Å². The van der Waals surface area contributed by atoms with Crippen LogP contribution in [0.3, 0.4) is 0 Å². The number of hydrogen-bond acceptors (Lipinski definition) is 6. The van der Waals surface area contributed by atoms with Gasteiger partial charge in [-0.2, -0.15) is 0 Å². The molecule has 0 fully saturated rings. The molecule has 1 N–H and O–H groups in total. The largest absolute Gasteiger partial charge is 0.480 e. The molecule has 4 aromatic rings. The van der Waals surface area contributed by atoms with E-state index in [9.17, 15) is 4.79 Å². The van der Waals surface area contributed by atoms with Crippen molar-refractivity contribution in [2.24, 2.45) is 0 Å². The Bertz CT molecular complexity index is 1250. The fourth-order valence-electron chi connectivity index (χ4n) is 3.77. The van der Waals surface area contributed by atoms with Crippen LogP contribution in [0.1, 0.15) is 11.3 Å². The molecule has 3 aromatic heterocycles. The van der Waals surface area contributed by atoms with E-state index >= 15 is 0 Å². The van der Waals surface area contributed by atoms with E-state index < -0.39 is 6.04 Å². The molecule has 1 atom stereocenters. The molecule has 0 spiro atoms. The van der Waals surface area contributed by atoms with Gasteiger partial charge in [0.05, 0.1) is 7.11 Å². The number of likely N-dealkylation sites (N-methyl/N-ethyl adjacent to an activating group) is 1. The third-order valence-corrected chi connectivity index (χ3v) is 5.59. The van der Waals surface area contributed by atoms with Crippen molar-refractivity contribution in [1.29, 1.82) is 0 Å². The van der Waals surface area contributed by atoms with E-state index in [0.29, 0.717) is 23.8 Å². The molecule has 1 amide bonds. The predicted octanol–water partition coefficient (Wildman–Crippen LogP) is 4.54. The number of hydrogen-bond donors (Lipinski definition) is 1. The maximum Gasteiger partial charge on any atom is 0.247 e. The number of nitrogens with one attached hydrogen (secondary N) is 1. The molecule has 0 unspecified atom stereocenters. The average molecular weight is 454 g/mol. The molecule has 1 aromatic carbocycles. The molecule has 3 heterocycles. The van der Waals surface area contributed by atoms with Crippen LogP contribution in [0.4, 0.5) is 11.5 Å². The molecule has 0 bridgehead atoms. The lowest BCUT2D eigenvalue weighted by Gasteiger charge is -2.28. The van der Waals surface area contributed by atoms with E-state index in [2.05, 4.69) is 20.3 Å². The molecule has 0 radical (unpaired) electrons. The topological polar surface area (TPSA) is 80.2 Å². The highest BCUT2D eigenvalue weighted by molar-refractivity contribution is 5.98. The third-order valence-electron chi connectivity index (χ3n) is 5.59. The number of carbonyl (C=O) groups excluding carboxylic acids is 1. The van der Waals surface area contributed by atoms with Gasteiger partial charge in [0.15, 0.2) is 0 Å². The summed E-state index contributed by atoms with van der Waals surface area (Å²) >= 11 is 0. The van der Waals surface area contributed by atoms with Gasteiger partial charge in [-0.1, -0.05) is 36.4 Å². The fourth-order valence-corrected chi connectivity index (χ4v) is 3.77. The second-order valence-electron chi connectivity index (χ2n) is 7.96. The van der Waals surface area contributed by atoms with Crippen molar-refractivity contribution < 1.29 is 9.53 Å². The van der Waals surface area contributed by atoms with Crippen molar-refractivity contribution >= 4 is 17.4 Å². The quantitative estimate of drug-likeness (QED) is 0.422. The van der Waals surface area contributed by atoms with Crippen molar-refractivity contribution in [3.63, 3.8) is 0 Å². The second kappa shape index (κ2) is 10.6. The van der Waals surface area contributed by atoms with Crippen LogP contribution >= 0.6 is 0 Å². The third kappa shape index (κ3) is 5.38. The summed E-state index contributed by atoms with van der Waals surface area (Å²) in [6, 6.07) is 20.8. The normalized spacial score (nSPS) is 11.5. The predicted molar refractivity (Wildman–Crippen MR) is 134 cm³/mol. The maximum absolute atomic E-state index is 13.6. The average Bonchev–Trinajstić information content (AvgIpc) is 2.88.